The van der Waals surface area contributed by atoms with E-state index in [1.165, 1.54) is 0 Å². The zero-order valence-corrected chi connectivity index (χ0v) is 9.35. The molecule has 1 saturated heterocycles. The van der Waals surface area contributed by atoms with Gasteiger partial charge in [0.1, 0.15) is 0 Å². The van der Waals surface area contributed by atoms with Crippen molar-refractivity contribution in [2.75, 3.05) is 26.2 Å². The molecule has 0 aromatic heterocycles. The van der Waals surface area contributed by atoms with Crippen LogP contribution in [0.5, 0.6) is 0 Å². The number of halogens is 2. The minimum atomic E-state index is -0.281. The number of hydrogen-bond donors (Lipinski definition) is 2. The third kappa shape index (κ3) is 2.07. The van der Waals surface area contributed by atoms with Gasteiger partial charge in [-0.2, -0.15) is 0 Å². The molecule has 0 aliphatic carbocycles. The first kappa shape index (κ1) is 10.7. The Bertz CT molecular complexity index is 257. The van der Waals surface area contributed by atoms with Crippen molar-refractivity contribution in [2.24, 2.45) is 0 Å². The quantitative estimate of drug-likeness (QED) is 0.705. The van der Waals surface area contributed by atoms with Crippen molar-refractivity contribution < 1.29 is 5.11 Å². The van der Waals surface area contributed by atoms with E-state index in [2.05, 4.69) is 10.2 Å². The predicted octanol–water partition coefficient (Wildman–Crippen LogP) is 0.714. The van der Waals surface area contributed by atoms with Gasteiger partial charge in [-0.3, -0.25) is 4.90 Å². The Morgan fingerprint density at radius 2 is 2.07 bits per heavy atom. The van der Waals surface area contributed by atoms with Gasteiger partial charge in [-0.1, -0.05) is 23.2 Å². The highest BCUT2D eigenvalue weighted by molar-refractivity contribution is 6.39. The molecule has 0 aromatic carbocycles. The van der Waals surface area contributed by atoms with Gasteiger partial charge in [0.15, 0.2) is 0 Å². The minimum absolute atomic E-state index is 0.188. The second kappa shape index (κ2) is 4.37. The summed E-state index contributed by atoms with van der Waals surface area (Å²) >= 11 is 11.9. The summed E-state index contributed by atoms with van der Waals surface area (Å²) in [6.45, 7) is 3.07. The van der Waals surface area contributed by atoms with Gasteiger partial charge in [0.2, 0.25) is 0 Å². The molecule has 2 heterocycles. The van der Waals surface area contributed by atoms with Crippen molar-refractivity contribution in [2.45, 2.75) is 18.6 Å². The van der Waals surface area contributed by atoms with Gasteiger partial charge in [-0.15, -0.1) is 0 Å². The van der Waals surface area contributed by atoms with Crippen LogP contribution in [-0.2, 0) is 0 Å². The average molecular weight is 237 g/mol. The maximum absolute atomic E-state index is 9.70. The Hall–Kier alpha value is 0.200. The summed E-state index contributed by atoms with van der Waals surface area (Å²) in [5.74, 6) is 0. The first-order chi connectivity index (χ1) is 6.68. The van der Waals surface area contributed by atoms with Crippen molar-refractivity contribution in [3.63, 3.8) is 0 Å². The van der Waals surface area contributed by atoms with Gasteiger partial charge in [-0.05, 0) is 6.42 Å². The molecule has 14 heavy (non-hydrogen) atoms. The number of nitrogens with zero attached hydrogens (tertiary/aromatic N) is 1. The molecule has 0 saturated carbocycles. The molecule has 0 aromatic rings. The number of nitrogens with one attached hydrogen (secondary N) is 1. The molecule has 2 atom stereocenters. The summed E-state index contributed by atoms with van der Waals surface area (Å²) < 4.78 is 0. The lowest BCUT2D eigenvalue weighted by Gasteiger charge is -2.33. The summed E-state index contributed by atoms with van der Waals surface area (Å²) in [4.78, 5) is 2.19. The molecule has 2 N–H and O–H groups in total. The van der Waals surface area contributed by atoms with E-state index in [4.69, 9.17) is 23.2 Å². The third-order valence-corrected chi connectivity index (χ3v) is 3.74. The molecule has 3 nitrogen and oxygen atoms in total. The lowest BCUT2D eigenvalue weighted by molar-refractivity contribution is 0.0881. The van der Waals surface area contributed by atoms with E-state index in [1.807, 2.05) is 0 Å². The standard InChI is InChI=1S/C9H14Cl2N2O/c10-6-1-2-13(5-7(6)11)8-3-12-4-9(8)14/h8-9,12,14H,1-5H2/t8-,9-/m1/s1. The Morgan fingerprint density at radius 1 is 1.29 bits per heavy atom. The van der Waals surface area contributed by atoms with Gasteiger partial charge in [0.05, 0.1) is 6.10 Å². The van der Waals surface area contributed by atoms with E-state index in [9.17, 15) is 5.11 Å². The topological polar surface area (TPSA) is 35.5 Å². The van der Waals surface area contributed by atoms with E-state index in [0.717, 1.165) is 29.6 Å². The molecule has 0 amide bonds. The summed E-state index contributed by atoms with van der Waals surface area (Å²) in [6.07, 6.45) is 0.514. The summed E-state index contributed by atoms with van der Waals surface area (Å²) in [5.41, 5.74) is 0. The normalized spacial score (nSPS) is 35.4. The van der Waals surface area contributed by atoms with Crippen molar-refractivity contribution in [1.29, 1.82) is 0 Å². The second-order valence-electron chi connectivity index (χ2n) is 3.82. The Balaban J connectivity index is 2.00. The molecule has 2 aliphatic heterocycles. The lowest BCUT2D eigenvalue weighted by atomic mass is 10.1. The van der Waals surface area contributed by atoms with Crippen LogP contribution in [0.25, 0.3) is 0 Å². The van der Waals surface area contributed by atoms with Gasteiger partial charge in [0, 0.05) is 42.3 Å². The van der Waals surface area contributed by atoms with Crippen LogP contribution in [0.1, 0.15) is 6.42 Å². The maximum atomic E-state index is 9.70. The first-order valence-corrected chi connectivity index (χ1v) is 5.60. The Kier molecular flexibility index (Phi) is 3.34. The minimum Gasteiger partial charge on any atom is -0.390 e. The van der Waals surface area contributed by atoms with E-state index in [-0.39, 0.29) is 12.1 Å². The molecular weight excluding hydrogens is 223 g/mol. The zero-order valence-electron chi connectivity index (χ0n) is 7.84. The van der Waals surface area contributed by atoms with Crippen LogP contribution in [0.15, 0.2) is 10.1 Å². The molecule has 1 fully saturated rings. The smallest absolute Gasteiger partial charge is 0.0831 e. The van der Waals surface area contributed by atoms with Crippen LogP contribution >= 0.6 is 23.2 Å². The van der Waals surface area contributed by atoms with E-state index < -0.39 is 0 Å². The highest BCUT2D eigenvalue weighted by Crippen LogP contribution is 2.26. The fourth-order valence-electron chi connectivity index (χ4n) is 2.03. The molecule has 5 heteroatoms. The molecule has 2 aliphatic rings. The summed E-state index contributed by atoms with van der Waals surface area (Å²) in [5, 5.41) is 14.3. The predicted molar refractivity (Wildman–Crippen MR) is 57.6 cm³/mol. The van der Waals surface area contributed by atoms with Gasteiger partial charge < -0.3 is 10.4 Å². The van der Waals surface area contributed by atoms with Crippen LogP contribution in [0.4, 0.5) is 0 Å². The van der Waals surface area contributed by atoms with Crippen LogP contribution in [0.3, 0.4) is 0 Å². The second-order valence-corrected chi connectivity index (χ2v) is 4.74. The number of aliphatic hydroxyl groups excluding tert-OH is 1. The third-order valence-electron chi connectivity index (χ3n) is 2.87. The fraction of sp³-hybridized carbons (Fsp3) is 0.778. The van der Waals surface area contributed by atoms with Crippen LogP contribution in [0.2, 0.25) is 0 Å². The largest absolute Gasteiger partial charge is 0.390 e. The number of aliphatic hydroxyl groups is 1. The number of hydrogen-bond acceptors (Lipinski definition) is 3. The molecule has 2 rings (SSSR count). The zero-order chi connectivity index (χ0) is 10.1. The van der Waals surface area contributed by atoms with E-state index >= 15 is 0 Å². The van der Waals surface area contributed by atoms with Crippen molar-refractivity contribution in [3.8, 4) is 0 Å². The molecule has 0 spiro atoms. The van der Waals surface area contributed by atoms with Crippen molar-refractivity contribution in [3.05, 3.63) is 10.1 Å². The molecule has 80 valence electrons. The average Bonchev–Trinajstić information content (AvgIpc) is 2.57. The highest BCUT2D eigenvalue weighted by Gasteiger charge is 2.32. The Labute approximate surface area is 93.7 Å². The molecule has 0 unspecified atom stereocenters. The van der Waals surface area contributed by atoms with E-state index in [0.29, 0.717) is 13.1 Å². The first-order valence-electron chi connectivity index (χ1n) is 4.84. The molecule has 0 bridgehead atoms. The number of rotatable bonds is 1. The summed E-state index contributed by atoms with van der Waals surface area (Å²) in [7, 11) is 0. The Morgan fingerprint density at radius 3 is 2.64 bits per heavy atom. The summed E-state index contributed by atoms with van der Waals surface area (Å²) in [6, 6.07) is 0.188. The van der Waals surface area contributed by atoms with Crippen LogP contribution < -0.4 is 5.32 Å². The van der Waals surface area contributed by atoms with Crippen molar-refractivity contribution in [1.82, 2.24) is 10.2 Å². The highest BCUT2D eigenvalue weighted by atomic mass is 35.5. The van der Waals surface area contributed by atoms with Gasteiger partial charge >= 0.3 is 0 Å². The maximum Gasteiger partial charge on any atom is 0.0831 e. The fourth-order valence-corrected chi connectivity index (χ4v) is 2.42. The SMILES string of the molecule is O[C@@H]1CNC[C@H]1N1CCC(Cl)=C(Cl)C1. The molecular formula is C9H14Cl2N2O. The van der Waals surface area contributed by atoms with Crippen molar-refractivity contribution >= 4 is 23.2 Å². The molecule has 0 radical (unpaired) electrons. The van der Waals surface area contributed by atoms with E-state index in [1.54, 1.807) is 0 Å². The van der Waals surface area contributed by atoms with Gasteiger partial charge in [0.25, 0.3) is 0 Å². The van der Waals surface area contributed by atoms with Crippen LogP contribution in [-0.4, -0.2) is 48.3 Å². The van der Waals surface area contributed by atoms with Crippen LogP contribution in [0, 0.1) is 0 Å². The number of β-amino-alcohol motifs (C(OH)–C–C–N with tert-alkyl or cyclic N) is 1. The van der Waals surface area contributed by atoms with Gasteiger partial charge in [-0.25, -0.2) is 0 Å². The monoisotopic (exact) mass is 236 g/mol. The lowest BCUT2D eigenvalue weighted by Crippen LogP contribution is -2.45.